The Balaban J connectivity index is 1.49. The highest BCUT2D eigenvalue weighted by atomic mass is 16.5. The van der Waals surface area contributed by atoms with E-state index in [0.717, 1.165) is 24.8 Å². The Hall–Kier alpha value is -2.95. The zero-order valence-electron chi connectivity index (χ0n) is 16.1. The van der Waals surface area contributed by atoms with E-state index in [1.165, 1.54) is 4.90 Å². The van der Waals surface area contributed by atoms with E-state index in [1.807, 2.05) is 19.1 Å². The van der Waals surface area contributed by atoms with Crippen molar-refractivity contribution in [2.45, 2.75) is 33.1 Å². The number of fused-ring (bicyclic) bond motifs is 1. The van der Waals surface area contributed by atoms with E-state index in [4.69, 9.17) is 4.74 Å². The lowest BCUT2D eigenvalue weighted by molar-refractivity contribution is -0.122. The fourth-order valence-corrected chi connectivity index (χ4v) is 4.16. The number of hydrogen-bond acceptors (Lipinski definition) is 4. The Morgan fingerprint density at radius 2 is 1.57 bits per heavy atom. The van der Waals surface area contributed by atoms with E-state index >= 15 is 0 Å². The monoisotopic (exact) mass is 377 g/mol. The van der Waals surface area contributed by atoms with Gasteiger partial charge in [-0.1, -0.05) is 24.6 Å². The lowest BCUT2D eigenvalue weighted by Crippen LogP contribution is -2.30. The molecule has 0 spiro atoms. The summed E-state index contributed by atoms with van der Waals surface area (Å²) in [6.45, 7) is 4.08. The Morgan fingerprint density at radius 1 is 0.929 bits per heavy atom. The molecular formula is C23H23NO4. The summed E-state index contributed by atoms with van der Waals surface area (Å²) in [5.74, 6) is -0.197. The minimum Gasteiger partial charge on any atom is -0.423 e. The van der Waals surface area contributed by atoms with E-state index in [-0.39, 0.29) is 23.7 Å². The summed E-state index contributed by atoms with van der Waals surface area (Å²) < 4.78 is 5.39. The molecule has 1 heterocycles. The van der Waals surface area contributed by atoms with Crippen LogP contribution in [0.4, 0.5) is 5.69 Å². The molecule has 1 aliphatic heterocycles. The quantitative estimate of drug-likeness (QED) is 0.458. The highest BCUT2D eigenvalue weighted by molar-refractivity contribution is 6.22. The van der Waals surface area contributed by atoms with E-state index in [2.05, 4.69) is 6.92 Å². The predicted molar refractivity (Wildman–Crippen MR) is 105 cm³/mol. The third-order valence-electron chi connectivity index (χ3n) is 5.78. The molecule has 0 aromatic heterocycles. The summed E-state index contributed by atoms with van der Waals surface area (Å²) >= 11 is 0. The Kier molecular flexibility index (Phi) is 4.75. The normalized spacial score (nSPS) is 24.2. The van der Waals surface area contributed by atoms with Gasteiger partial charge >= 0.3 is 5.97 Å². The van der Waals surface area contributed by atoms with Gasteiger partial charge in [0.25, 0.3) is 0 Å². The molecule has 0 radical (unpaired) electrons. The lowest BCUT2D eigenvalue weighted by atomic mass is 9.76. The number of nitrogens with zero attached hydrogens (tertiary/aromatic N) is 1. The van der Waals surface area contributed by atoms with Crippen LogP contribution in [0.15, 0.2) is 48.5 Å². The van der Waals surface area contributed by atoms with Crippen LogP contribution in [-0.4, -0.2) is 17.8 Å². The first-order valence-corrected chi connectivity index (χ1v) is 9.71. The van der Waals surface area contributed by atoms with Crippen molar-refractivity contribution in [3.63, 3.8) is 0 Å². The van der Waals surface area contributed by atoms with Gasteiger partial charge in [-0.3, -0.25) is 14.5 Å². The first-order valence-electron chi connectivity index (χ1n) is 9.71. The van der Waals surface area contributed by atoms with Crippen molar-refractivity contribution in [2.75, 3.05) is 4.90 Å². The zero-order chi connectivity index (χ0) is 19.8. The summed E-state index contributed by atoms with van der Waals surface area (Å²) in [6, 6.07) is 13.7. The summed E-state index contributed by atoms with van der Waals surface area (Å²) in [5, 5.41) is 0. The molecule has 2 amide bonds. The molecule has 5 heteroatoms. The molecule has 1 saturated carbocycles. The molecule has 1 saturated heterocycles. The molecule has 144 valence electrons. The minimum atomic E-state index is -0.443. The van der Waals surface area contributed by atoms with Gasteiger partial charge in [-0.2, -0.15) is 0 Å². The molecule has 0 unspecified atom stereocenters. The third-order valence-corrected chi connectivity index (χ3v) is 5.78. The van der Waals surface area contributed by atoms with Crippen LogP contribution in [0.3, 0.4) is 0 Å². The Morgan fingerprint density at radius 3 is 2.25 bits per heavy atom. The molecule has 0 bridgehead atoms. The van der Waals surface area contributed by atoms with Crippen LogP contribution in [-0.2, 0) is 9.59 Å². The number of rotatable bonds is 3. The number of amides is 2. The number of esters is 1. The Labute approximate surface area is 164 Å². The number of benzene rings is 2. The standard InChI is InChI=1S/C23H23NO4/c1-14-3-6-16(7-4-14)23(27)28-18-10-8-17(9-11-18)24-21(25)19-12-5-15(2)13-20(19)22(24)26/h3-4,6-11,15,19-20H,5,12-13H2,1-2H3/t15-,19+,20-/m0/s1. The molecule has 2 aliphatic rings. The van der Waals surface area contributed by atoms with Gasteiger partial charge in [0.05, 0.1) is 23.1 Å². The number of carbonyl (C=O) groups is 3. The first-order chi connectivity index (χ1) is 13.4. The third kappa shape index (κ3) is 3.33. The maximum atomic E-state index is 12.8. The largest absolute Gasteiger partial charge is 0.423 e. The van der Waals surface area contributed by atoms with Crippen molar-refractivity contribution in [2.24, 2.45) is 17.8 Å². The molecule has 4 rings (SSSR count). The molecule has 2 fully saturated rings. The second-order valence-corrected chi connectivity index (χ2v) is 7.89. The van der Waals surface area contributed by atoms with E-state index < -0.39 is 5.97 Å². The van der Waals surface area contributed by atoms with Crippen molar-refractivity contribution < 1.29 is 19.1 Å². The average Bonchev–Trinajstić information content (AvgIpc) is 2.93. The van der Waals surface area contributed by atoms with Crippen molar-refractivity contribution in [1.29, 1.82) is 0 Å². The summed E-state index contributed by atoms with van der Waals surface area (Å²) in [5.41, 5.74) is 2.07. The van der Waals surface area contributed by atoms with Crippen LogP contribution >= 0.6 is 0 Å². The van der Waals surface area contributed by atoms with Crippen LogP contribution in [0.1, 0.15) is 42.1 Å². The number of carbonyl (C=O) groups excluding carboxylic acids is 3. The number of anilines is 1. The van der Waals surface area contributed by atoms with Gasteiger partial charge in [0.1, 0.15) is 5.75 Å². The minimum absolute atomic E-state index is 0.105. The van der Waals surface area contributed by atoms with Crippen LogP contribution in [0, 0.1) is 24.7 Å². The van der Waals surface area contributed by atoms with Crippen molar-refractivity contribution in [1.82, 2.24) is 0 Å². The van der Waals surface area contributed by atoms with Gasteiger partial charge in [-0.15, -0.1) is 0 Å². The average molecular weight is 377 g/mol. The van der Waals surface area contributed by atoms with Crippen LogP contribution in [0.25, 0.3) is 0 Å². The SMILES string of the molecule is Cc1ccc(C(=O)Oc2ccc(N3C(=O)[C@H]4C[C@@H](C)CC[C@H]4C3=O)cc2)cc1. The van der Waals surface area contributed by atoms with Crippen LogP contribution < -0.4 is 9.64 Å². The molecule has 0 N–H and O–H groups in total. The maximum Gasteiger partial charge on any atom is 0.343 e. The predicted octanol–water partition coefficient (Wildman–Crippen LogP) is 4.14. The zero-order valence-corrected chi connectivity index (χ0v) is 16.1. The maximum absolute atomic E-state index is 12.8. The van der Waals surface area contributed by atoms with Gasteiger partial charge in [0.2, 0.25) is 11.8 Å². The first kappa shape index (κ1) is 18.4. The highest BCUT2D eigenvalue weighted by Gasteiger charge is 2.49. The number of hydrogen-bond donors (Lipinski definition) is 0. The molecule has 5 nitrogen and oxygen atoms in total. The van der Waals surface area contributed by atoms with Crippen LogP contribution in [0.5, 0.6) is 5.75 Å². The second-order valence-electron chi connectivity index (χ2n) is 7.89. The lowest BCUT2D eigenvalue weighted by Gasteiger charge is -2.25. The van der Waals surface area contributed by atoms with Gasteiger partial charge in [-0.25, -0.2) is 4.79 Å². The molecule has 2 aromatic carbocycles. The molecule has 1 aliphatic carbocycles. The summed E-state index contributed by atoms with van der Waals surface area (Å²) in [7, 11) is 0. The van der Waals surface area contributed by atoms with Gasteiger partial charge in [0.15, 0.2) is 0 Å². The molecule has 2 aromatic rings. The van der Waals surface area contributed by atoms with Crippen molar-refractivity contribution >= 4 is 23.5 Å². The Bertz CT molecular complexity index is 917. The van der Waals surface area contributed by atoms with Crippen LogP contribution in [0.2, 0.25) is 0 Å². The van der Waals surface area contributed by atoms with Crippen molar-refractivity contribution in [3.05, 3.63) is 59.7 Å². The topological polar surface area (TPSA) is 63.7 Å². The number of ether oxygens (including phenoxy) is 1. The van der Waals surface area contributed by atoms with Gasteiger partial charge in [0, 0.05) is 0 Å². The van der Waals surface area contributed by atoms with E-state index in [0.29, 0.717) is 22.9 Å². The fraction of sp³-hybridized carbons (Fsp3) is 0.348. The molecular weight excluding hydrogens is 354 g/mol. The summed E-state index contributed by atoms with van der Waals surface area (Å²) in [6.07, 6.45) is 2.54. The summed E-state index contributed by atoms with van der Waals surface area (Å²) in [4.78, 5) is 39.1. The van der Waals surface area contributed by atoms with Crippen molar-refractivity contribution in [3.8, 4) is 5.75 Å². The smallest absolute Gasteiger partial charge is 0.343 e. The van der Waals surface area contributed by atoms with Gasteiger partial charge in [-0.05, 0) is 68.5 Å². The number of aryl methyl sites for hydroxylation is 1. The number of imide groups is 1. The van der Waals surface area contributed by atoms with E-state index in [1.54, 1.807) is 36.4 Å². The fourth-order valence-electron chi connectivity index (χ4n) is 4.16. The van der Waals surface area contributed by atoms with E-state index in [9.17, 15) is 14.4 Å². The molecule has 28 heavy (non-hydrogen) atoms. The highest BCUT2D eigenvalue weighted by Crippen LogP contribution is 2.42. The van der Waals surface area contributed by atoms with Gasteiger partial charge < -0.3 is 4.74 Å². The second kappa shape index (κ2) is 7.23. The molecule has 3 atom stereocenters.